The maximum absolute atomic E-state index is 14.7. The fourth-order valence-corrected chi connectivity index (χ4v) is 5.30. The third-order valence-electron chi connectivity index (χ3n) is 7.57. The first-order chi connectivity index (χ1) is 20.3. The number of benzene rings is 2. The van der Waals surface area contributed by atoms with Crippen LogP contribution in [0.4, 0.5) is 15.8 Å². The van der Waals surface area contributed by atoms with Gasteiger partial charge in [-0.05, 0) is 51.2 Å². The zero-order valence-electron chi connectivity index (χ0n) is 25.4. The van der Waals surface area contributed by atoms with Crippen LogP contribution in [0.1, 0.15) is 65.9 Å². The number of anilines is 2. The van der Waals surface area contributed by atoms with Gasteiger partial charge in [0.15, 0.2) is 12.4 Å². The van der Waals surface area contributed by atoms with E-state index in [0.717, 1.165) is 23.8 Å². The Balaban J connectivity index is 0.000000217. The second-order valence-electron chi connectivity index (χ2n) is 12.1. The number of amides is 4. The van der Waals surface area contributed by atoms with Gasteiger partial charge in [0.1, 0.15) is 5.75 Å². The minimum Gasteiger partial charge on any atom is -0.481 e. The monoisotopic (exact) mass is 587 g/mol. The number of carbonyl (C=O) groups is 4. The number of ether oxygens (including phenoxy) is 1. The minimum absolute atomic E-state index is 0.0170. The van der Waals surface area contributed by atoms with Crippen LogP contribution in [0.15, 0.2) is 53.6 Å². The number of nitrogens with zero attached hydrogens (tertiary/aromatic N) is 3. The number of rotatable bonds is 5. The molecular weight excluding hydrogens is 549 g/mol. The molecule has 4 amide bonds. The van der Waals surface area contributed by atoms with Crippen LogP contribution < -0.4 is 14.5 Å². The van der Waals surface area contributed by atoms with E-state index in [4.69, 9.17) is 11.2 Å². The molecule has 0 saturated heterocycles. The Morgan fingerprint density at radius 3 is 2.16 bits per heavy atom. The lowest BCUT2D eigenvalue weighted by molar-refractivity contribution is -0.142. The fourth-order valence-electron chi connectivity index (χ4n) is 5.30. The van der Waals surface area contributed by atoms with E-state index in [9.17, 15) is 23.6 Å². The smallest absolute Gasteiger partial charge is 0.265 e. The Labute approximate surface area is 252 Å². The molecule has 0 aromatic heterocycles. The second-order valence-corrected chi connectivity index (χ2v) is 12.1. The van der Waals surface area contributed by atoms with Gasteiger partial charge in [0.05, 0.1) is 17.9 Å². The number of imide groups is 1. The predicted molar refractivity (Wildman–Crippen MR) is 163 cm³/mol. The third kappa shape index (κ3) is 6.64. The summed E-state index contributed by atoms with van der Waals surface area (Å²) in [5.74, 6) is 0.611. The molecule has 0 atom stereocenters. The Bertz CT molecular complexity index is 1470. The van der Waals surface area contributed by atoms with Crippen LogP contribution in [0.25, 0.3) is 0 Å². The van der Waals surface area contributed by atoms with E-state index in [2.05, 4.69) is 31.9 Å². The van der Waals surface area contributed by atoms with E-state index in [1.807, 2.05) is 43.9 Å². The van der Waals surface area contributed by atoms with Gasteiger partial charge in [-0.3, -0.25) is 24.1 Å². The molecule has 226 valence electrons. The number of terminal acetylenes is 1. The molecule has 0 N–H and O–H groups in total. The van der Waals surface area contributed by atoms with E-state index >= 15 is 0 Å². The Morgan fingerprint density at radius 2 is 1.63 bits per heavy atom. The van der Waals surface area contributed by atoms with Crippen LogP contribution >= 0.6 is 0 Å². The largest absolute Gasteiger partial charge is 0.481 e. The molecule has 0 fully saturated rings. The summed E-state index contributed by atoms with van der Waals surface area (Å²) in [6, 6.07) is 12.7. The van der Waals surface area contributed by atoms with Gasteiger partial charge in [0.2, 0.25) is 5.91 Å². The number of carbonyl (C=O) groups excluding carboxylic acids is 4. The van der Waals surface area contributed by atoms with Crippen molar-refractivity contribution in [3.8, 4) is 18.1 Å². The molecule has 2 aromatic rings. The van der Waals surface area contributed by atoms with Crippen molar-refractivity contribution < 1.29 is 28.3 Å². The van der Waals surface area contributed by atoms with Crippen molar-refractivity contribution in [3.05, 3.63) is 65.0 Å². The van der Waals surface area contributed by atoms with Gasteiger partial charge in [-0.1, -0.05) is 57.0 Å². The molecule has 0 saturated carbocycles. The van der Waals surface area contributed by atoms with Gasteiger partial charge in [0.25, 0.3) is 17.7 Å². The predicted octanol–water partition coefficient (Wildman–Crippen LogP) is 5.40. The highest BCUT2D eigenvalue weighted by Gasteiger charge is 2.41. The number of hydrogen-bond acceptors (Lipinski definition) is 5. The molecule has 0 bridgehead atoms. The van der Waals surface area contributed by atoms with E-state index in [0.29, 0.717) is 30.5 Å². The van der Waals surface area contributed by atoms with Crippen LogP contribution in [-0.2, 0) is 25.7 Å². The van der Waals surface area contributed by atoms with Crippen molar-refractivity contribution in [2.24, 2.45) is 5.41 Å². The summed E-state index contributed by atoms with van der Waals surface area (Å²) >= 11 is 0. The number of hydrogen-bond donors (Lipinski definition) is 0. The lowest BCUT2D eigenvalue weighted by Gasteiger charge is -2.32. The van der Waals surface area contributed by atoms with Crippen molar-refractivity contribution in [2.45, 2.75) is 72.9 Å². The minimum atomic E-state index is -0.764. The molecule has 2 aliphatic heterocycles. The highest BCUT2D eigenvalue weighted by molar-refractivity contribution is 6.33. The molecule has 9 heteroatoms. The van der Waals surface area contributed by atoms with Gasteiger partial charge < -0.3 is 9.64 Å². The lowest BCUT2D eigenvalue weighted by Crippen LogP contribution is -2.43. The van der Waals surface area contributed by atoms with E-state index in [1.165, 1.54) is 16.5 Å². The summed E-state index contributed by atoms with van der Waals surface area (Å²) in [6.07, 6.45) is 8.01. The molecule has 0 radical (unpaired) electrons. The highest BCUT2D eigenvalue weighted by Crippen LogP contribution is 2.41. The zero-order chi connectivity index (χ0) is 31.5. The molecule has 43 heavy (non-hydrogen) atoms. The average Bonchev–Trinajstić information content (AvgIpc) is 3.22. The molecule has 0 unspecified atom stereocenters. The van der Waals surface area contributed by atoms with Gasteiger partial charge in [-0.15, -0.1) is 6.42 Å². The molecule has 0 spiro atoms. The SMILES string of the molecule is C#CCN1C(=O)COc2cc(F)c(N3C(=O)C4=C(CCCC4)C3=O)cc21.CC(C)N(Cc1ccccc1)C(=O)C(C)(C)C. The van der Waals surface area contributed by atoms with Gasteiger partial charge >= 0.3 is 0 Å². The van der Waals surface area contributed by atoms with E-state index < -0.39 is 17.6 Å². The van der Waals surface area contributed by atoms with Crippen LogP contribution in [0, 0.1) is 23.6 Å². The molecule has 8 nitrogen and oxygen atoms in total. The van der Waals surface area contributed by atoms with Crippen LogP contribution in [-0.4, -0.2) is 47.7 Å². The van der Waals surface area contributed by atoms with Crippen molar-refractivity contribution >= 4 is 35.0 Å². The molecule has 2 heterocycles. The third-order valence-corrected chi connectivity index (χ3v) is 7.57. The lowest BCUT2D eigenvalue weighted by atomic mass is 9.93. The summed E-state index contributed by atoms with van der Waals surface area (Å²) in [5.41, 5.74) is 1.85. The Morgan fingerprint density at radius 1 is 1.02 bits per heavy atom. The molecule has 5 rings (SSSR count). The molecule has 2 aromatic carbocycles. The first-order valence-electron chi connectivity index (χ1n) is 14.5. The van der Waals surface area contributed by atoms with E-state index in [-0.39, 0.29) is 53.5 Å². The van der Waals surface area contributed by atoms with E-state index in [1.54, 1.807) is 0 Å². The summed E-state index contributed by atoms with van der Waals surface area (Å²) in [7, 11) is 0. The topological polar surface area (TPSA) is 87.2 Å². The fraction of sp³-hybridized carbons (Fsp3) is 0.412. The molecule has 3 aliphatic rings. The average molecular weight is 588 g/mol. The number of fused-ring (bicyclic) bond motifs is 1. The summed E-state index contributed by atoms with van der Waals surface area (Å²) < 4.78 is 19.9. The quantitative estimate of drug-likeness (QED) is 0.346. The standard InChI is InChI=1S/C19H15FN2O4.C15H23NO/c1-2-7-21-15-9-14(13(20)8-16(15)26-10-17(21)23)22-18(24)11-5-3-4-6-12(11)19(22)25;1-12(2)16(14(17)15(3,4)5)11-13-9-7-6-8-10-13/h1,8-9H,3-7,10H2;6-10,12H,11H2,1-5H3. The van der Waals surface area contributed by atoms with Crippen LogP contribution in [0.3, 0.4) is 0 Å². The first kappa shape index (κ1) is 31.5. The summed E-state index contributed by atoms with van der Waals surface area (Å²) in [5, 5.41) is 0. The Hall–Kier alpha value is -4.45. The Kier molecular flexibility index (Phi) is 9.39. The summed E-state index contributed by atoms with van der Waals surface area (Å²) in [6.45, 7) is 10.5. The maximum Gasteiger partial charge on any atom is 0.265 e. The summed E-state index contributed by atoms with van der Waals surface area (Å²) in [4.78, 5) is 53.8. The van der Waals surface area contributed by atoms with Crippen molar-refractivity contribution in [2.75, 3.05) is 23.0 Å². The van der Waals surface area contributed by atoms with Crippen molar-refractivity contribution in [1.29, 1.82) is 0 Å². The van der Waals surface area contributed by atoms with Crippen LogP contribution in [0.5, 0.6) is 5.75 Å². The van der Waals surface area contributed by atoms with Crippen molar-refractivity contribution in [3.63, 3.8) is 0 Å². The highest BCUT2D eigenvalue weighted by atomic mass is 19.1. The molecule has 1 aliphatic carbocycles. The molecular formula is C34H38FN3O5. The van der Waals surface area contributed by atoms with Crippen molar-refractivity contribution in [1.82, 2.24) is 4.90 Å². The van der Waals surface area contributed by atoms with Crippen LogP contribution in [0.2, 0.25) is 0 Å². The zero-order valence-corrected chi connectivity index (χ0v) is 25.4. The van der Waals surface area contributed by atoms with Gasteiger partial charge in [-0.25, -0.2) is 9.29 Å². The van der Waals surface area contributed by atoms with Gasteiger partial charge in [-0.2, -0.15) is 0 Å². The normalized spacial score (nSPS) is 16.3. The van der Waals surface area contributed by atoms with Gasteiger partial charge in [0, 0.05) is 35.2 Å². The number of halogens is 1. The maximum atomic E-state index is 14.7. The second kappa shape index (κ2) is 12.8. The first-order valence-corrected chi connectivity index (χ1v) is 14.5.